The molecule has 0 aromatic carbocycles. The molecule has 0 aliphatic carbocycles. The van der Waals surface area contributed by atoms with E-state index in [1.165, 1.54) is 0 Å². The van der Waals surface area contributed by atoms with E-state index in [4.69, 9.17) is 6.42 Å². The Bertz CT molecular complexity index is 302. The normalized spacial score (nSPS) is 11.2. The Labute approximate surface area is 73.6 Å². The molecule has 0 saturated carbocycles. The number of rotatable bonds is 2. The van der Waals surface area contributed by atoms with Gasteiger partial charge < -0.3 is 4.57 Å². The Morgan fingerprint density at radius 2 is 2.33 bits per heavy atom. The van der Waals surface area contributed by atoms with Gasteiger partial charge in [-0.05, 0) is 20.8 Å². The molecule has 0 radical (unpaired) electrons. The lowest BCUT2D eigenvalue weighted by atomic mass is 9.94. The lowest BCUT2D eigenvalue weighted by molar-refractivity contribution is 0.575. The maximum atomic E-state index is 5.42. The molecule has 0 aliphatic rings. The lowest BCUT2D eigenvalue weighted by Gasteiger charge is -2.17. The molecule has 0 N–H and O–H groups in total. The number of nitrogens with zero attached hydrogens (tertiary/aromatic N) is 2. The van der Waals surface area contributed by atoms with Crippen LogP contribution in [0.15, 0.2) is 12.4 Å². The molecule has 12 heavy (non-hydrogen) atoms. The van der Waals surface area contributed by atoms with Gasteiger partial charge in [-0.25, -0.2) is 4.98 Å². The predicted octanol–water partition coefficient (Wildman–Crippen LogP) is 1.81. The van der Waals surface area contributed by atoms with Crippen LogP contribution in [0.25, 0.3) is 0 Å². The van der Waals surface area contributed by atoms with Crippen LogP contribution in [0.1, 0.15) is 26.6 Å². The van der Waals surface area contributed by atoms with Crippen molar-refractivity contribution < 1.29 is 0 Å². The van der Waals surface area contributed by atoms with E-state index in [0.29, 0.717) is 0 Å². The third kappa shape index (κ3) is 1.35. The largest absolute Gasteiger partial charge is 0.334 e. The van der Waals surface area contributed by atoms with Crippen molar-refractivity contribution >= 4 is 0 Å². The monoisotopic (exact) mass is 162 g/mol. The first-order valence-electron chi connectivity index (χ1n) is 4.11. The highest BCUT2D eigenvalue weighted by atomic mass is 15.1. The average Bonchev–Trinajstić information content (AvgIpc) is 2.52. The van der Waals surface area contributed by atoms with Crippen LogP contribution in [0, 0.1) is 12.3 Å². The van der Waals surface area contributed by atoms with Gasteiger partial charge in [0.05, 0.1) is 5.41 Å². The van der Waals surface area contributed by atoms with Crippen molar-refractivity contribution in [2.75, 3.05) is 0 Å². The maximum absolute atomic E-state index is 5.42. The van der Waals surface area contributed by atoms with Gasteiger partial charge in [-0.1, -0.05) is 5.92 Å². The van der Waals surface area contributed by atoms with Crippen LogP contribution in [0.2, 0.25) is 0 Å². The third-order valence-electron chi connectivity index (χ3n) is 1.98. The molecule has 0 unspecified atom stereocenters. The summed E-state index contributed by atoms with van der Waals surface area (Å²) >= 11 is 0. The fourth-order valence-corrected chi connectivity index (χ4v) is 1.17. The summed E-state index contributed by atoms with van der Waals surface area (Å²) in [5.74, 6) is 3.70. The fourth-order valence-electron chi connectivity index (χ4n) is 1.17. The summed E-state index contributed by atoms with van der Waals surface area (Å²) in [6.07, 6.45) is 9.16. The van der Waals surface area contributed by atoms with Crippen molar-refractivity contribution in [2.45, 2.75) is 32.7 Å². The number of aromatic nitrogens is 2. The Kier molecular flexibility index (Phi) is 2.23. The minimum atomic E-state index is -0.264. The number of terminal acetylenes is 1. The quantitative estimate of drug-likeness (QED) is 0.606. The topological polar surface area (TPSA) is 17.8 Å². The molecule has 0 fully saturated rings. The second-order valence-corrected chi connectivity index (χ2v) is 3.31. The molecule has 0 aliphatic heterocycles. The van der Waals surface area contributed by atoms with Gasteiger partial charge in [0.1, 0.15) is 5.82 Å². The summed E-state index contributed by atoms with van der Waals surface area (Å²) in [5, 5.41) is 0. The molecule has 2 nitrogen and oxygen atoms in total. The first kappa shape index (κ1) is 8.86. The summed E-state index contributed by atoms with van der Waals surface area (Å²) in [6, 6.07) is 0. The van der Waals surface area contributed by atoms with Crippen molar-refractivity contribution in [3.63, 3.8) is 0 Å². The lowest BCUT2D eigenvalue weighted by Crippen LogP contribution is -2.20. The van der Waals surface area contributed by atoms with Gasteiger partial charge in [0, 0.05) is 18.9 Å². The van der Waals surface area contributed by atoms with Crippen molar-refractivity contribution in [3.05, 3.63) is 18.2 Å². The number of hydrogen-bond donors (Lipinski definition) is 0. The summed E-state index contributed by atoms with van der Waals surface area (Å²) in [4.78, 5) is 4.25. The second kappa shape index (κ2) is 3.02. The van der Waals surface area contributed by atoms with E-state index in [1.807, 2.05) is 20.0 Å². The molecule has 1 aromatic rings. The Morgan fingerprint density at radius 1 is 1.67 bits per heavy atom. The van der Waals surface area contributed by atoms with Crippen LogP contribution >= 0.6 is 0 Å². The van der Waals surface area contributed by atoms with Gasteiger partial charge in [-0.2, -0.15) is 0 Å². The van der Waals surface area contributed by atoms with E-state index in [1.54, 1.807) is 6.20 Å². The average molecular weight is 162 g/mol. The van der Waals surface area contributed by atoms with E-state index in [-0.39, 0.29) is 5.41 Å². The van der Waals surface area contributed by atoms with Crippen LogP contribution in [0.3, 0.4) is 0 Å². The van der Waals surface area contributed by atoms with Crippen molar-refractivity contribution in [2.24, 2.45) is 0 Å². The zero-order valence-corrected chi connectivity index (χ0v) is 7.83. The van der Waals surface area contributed by atoms with Gasteiger partial charge in [0.2, 0.25) is 0 Å². The third-order valence-corrected chi connectivity index (χ3v) is 1.98. The van der Waals surface area contributed by atoms with E-state index in [0.717, 1.165) is 12.4 Å². The Hall–Kier alpha value is -1.23. The van der Waals surface area contributed by atoms with Crippen LogP contribution in [0.4, 0.5) is 0 Å². The van der Waals surface area contributed by atoms with Gasteiger partial charge in [-0.3, -0.25) is 0 Å². The Morgan fingerprint density at radius 3 is 2.83 bits per heavy atom. The maximum Gasteiger partial charge on any atom is 0.126 e. The van der Waals surface area contributed by atoms with Crippen molar-refractivity contribution in [1.29, 1.82) is 0 Å². The number of hydrogen-bond acceptors (Lipinski definition) is 1. The predicted molar refractivity (Wildman–Crippen MR) is 49.8 cm³/mol. The Balaban J connectivity index is 3.11. The highest BCUT2D eigenvalue weighted by molar-refractivity contribution is 5.21. The molecular weight excluding hydrogens is 148 g/mol. The molecule has 64 valence electrons. The molecule has 1 heterocycles. The molecule has 0 bridgehead atoms. The first-order chi connectivity index (χ1) is 5.61. The van der Waals surface area contributed by atoms with Crippen LogP contribution in [-0.2, 0) is 12.0 Å². The molecular formula is C10H14N2. The van der Waals surface area contributed by atoms with Crippen LogP contribution in [-0.4, -0.2) is 9.55 Å². The summed E-state index contributed by atoms with van der Waals surface area (Å²) < 4.78 is 2.07. The molecule has 0 saturated heterocycles. The van der Waals surface area contributed by atoms with Gasteiger partial charge in [0.25, 0.3) is 0 Å². The van der Waals surface area contributed by atoms with E-state index >= 15 is 0 Å². The zero-order valence-electron chi connectivity index (χ0n) is 7.83. The highest BCUT2D eigenvalue weighted by Gasteiger charge is 2.21. The molecule has 1 rings (SSSR count). The van der Waals surface area contributed by atoms with E-state index in [2.05, 4.69) is 22.4 Å². The van der Waals surface area contributed by atoms with Crippen LogP contribution < -0.4 is 0 Å². The van der Waals surface area contributed by atoms with Gasteiger partial charge >= 0.3 is 0 Å². The molecule has 1 aromatic heterocycles. The summed E-state index contributed by atoms with van der Waals surface area (Å²) in [7, 11) is 0. The first-order valence-corrected chi connectivity index (χ1v) is 4.11. The number of aryl methyl sites for hydroxylation is 1. The zero-order chi connectivity index (χ0) is 9.19. The van der Waals surface area contributed by atoms with Gasteiger partial charge in [0.15, 0.2) is 0 Å². The molecule has 2 heteroatoms. The minimum absolute atomic E-state index is 0.264. The van der Waals surface area contributed by atoms with Gasteiger partial charge in [-0.15, -0.1) is 6.42 Å². The van der Waals surface area contributed by atoms with Crippen molar-refractivity contribution in [3.8, 4) is 12.3 Å². The smallest absolute Gasteiger partial charge is 0.126 e. The molecule has 0 amide bonds. The molecule has 0 atom stereocenters. The SMILES string of the molecule is C#CC(C)(C)c1nccn1CC. The van der Waals surface area contributed by atoms with Crippen LogP contribution in [0.5, 0.6) is 0 Å². The van der Waals surface area contributed by atoms with E-state index < -0.39 is 0 Å². The highest BCUT2D eigenvalue weighted by Crippen LogP contribution is 2.19. The van der Waals surface area contributed by atoms with Crippen molar-refractivity contribution in [1.82, 2.24) is 9.55 Å². The number of imidazole rings is 1. The summed E-state index contributed by atoms with van der Waals surface area (Å²) in [5.41, 5.74) is -0.264. The standard InChI is InChI=1S/C10H14N2/c1-5-10(3,4)9-11-7-8-12(9)6-2/h1,7-8H,6H2,2-4H3. The van der Waals surface area contributed by atoms with E-state index in [9.17, 15) is 0 Å². The summed E-state index contributed by atoms with van der Waals surface area (Å²) in [6.45, 7) is 7.00. The molecule has 0 spiro atoms. The second-order valence-electron chi connectivity index (χ2n) is 3.31. The minimum Gasteiger partial charge on any atom is -0.334 e. The fraction of sp³-hybridized carbons (Fsp3) is 0.500.